The van der Waals surface area contributed by atoms with E-state index in [0.717, 1.165) is 0 Å². The third-order valence-corrected chi connectivity index (χ3v) is 2.05. The molecule has 0 aliphatic rings. The summed E-state index contributed by atoms with van der Waals surface area (Å²) >= 11 is 5.61. The second-order valence-electron chi connectivity index (χ2n) is 2.73. The van der Waals surface area contributed by atoms with Crippen LogP contribution in [0.3, 0.4) is 0 Å². The highest BCUT2D eigenvalue weighted by Crippen LogP contribution is 2.29. The largest absolute Gasteiger partial charge is 0.367 e. The van der Waals surface area contributed by atoms with Gasteiger partial charge in [0.2, 0.25) is 5.88 Å². The summed E-state index contributed by atoms with van der Waals surface area (Å²) in [5.41, 5.74) is 6.21. The van der Waals surface area contributed by atoms with E-state index in [2.05, 4.69) is 9.68 Å². The van der Waals surface area contributed by atoms with Gasteiger partial charge >= 0.3 is 0 Å². The van der Waals surface area contributed by atoms with E-state index in [1.54, 1.807) is 6.07 Å². The van der Waals surface area contributed by atoms with Crippen molar-refractivity contribution in [2.75, 3.05) is 5.73 Å². The monoisotopic (exact) mass is 212 g/mol. The van der Waals surface area contributed by atoms with Crippen molar-refractivity contribution in [3.8, 4) is 11.1 Å². The van der Waals surface area contributed by atoms with Gasteiger partial charge in [0.25, 0.3) is 0 Å². The summed E-state index contributed by atoms with van der Waals surface area (Å²) in [6.07, 6.45) is 1.36. The molecule has 2 rings (SSSR count). The lowest BCUT2D eigenvalue weighted by molar-refractivity contribution is 0.436. The Hall–Kier alpha value is -1.55. The molecule has 0 fully saturated rings. The first kappa shape index (κ1) is 9.02. The summed E-state index contributed by atoms with van der Waals surface area (Å²) in [6.45, 7) is 0. The van der Waals surface area contributed by atoms with Crippen LogP contribution in [0.1, 0.15) is 0 Å². The Morgan fingerprint density at radius 1 is 1.36 bits per heavy atom. The highest BCUT2D eigenvalue weighted by atomic mass is 35.5. The van der Waals surface area contributed by atoms with Crippen LogP contribution in [-0.4, -0.2) is 5.16 Å². The Bertz CT molecular complexity index is 470. The van der Waals surface area contributed by atoms with Gasteiger partial charge in [0.1, 0.15) is 5.82 Å². The zero-order valence-electron chi connectivity index (χ0n) is 7.00. The van der Waals surface area contributed by atoms with E-state index >= 15 is 0 Å². The molecule has 0 saturated carbocycles. The zero-order chi connectivity index (χ0) is 10.1. The van der Waals surface area contributed by atoms with Crippen LogP contribution >= 0.6 is 11.6 Å². The van der Waals surface area contributed by atoms with Gasteiger partial charge in [0, 0.05) is 10.6 Å². The van der Waals surface area contributed by atoms with Crippen molar-refractivity contribution >= 4 is 17.5 Å². The summed E-state index contributed by atoms with van der Waals surface area (Å²) in [6, 6.07) is 4.32. The number of nitrogens with zero attached hydrogens (tertiary/aromatic N) is 1. The van der Waals surface area contributed by atoms with Gasteiger partial charge in [-0.3, -0.25) is 0 Å². The van der Waals surface area contributed by atoms with Crippen molar-refractivity contribution in [1.82, 2.24) is 5.16 Å². The minimum absolute atomic E-state index is 0.0891. The van der Waals surface area contributed by atoms with E-state index in [-0.39, 0.29) is 5.88 Å². The first-order chi connectivity index (χ1) is 6.68. The highest BCUT2D eigenvalue weighted by molar-refractivity contribution is 6.30. The van der Waals surface area contributed by atoms with E-state index in [9.17, 15) is 4.39 Å². The molecule has 2 aromatic rings. The van der Waals surface area contributed by atoms with E-state index in [1.165, 1.54) is 18.3 Å². The predicted octanol–water partition coefficient (Wildman–Crippen LogP) is 2.72. The van der Waals surface area contributed by atoms with Crippen LogP contribution in [0.25, 0.3) is 11.1 Å². The maximum Gasteiger partial charge on any atom is 0.230 e. The van der Waals surface area contributed by atoms with Crippen LogP contribution in [0.4, 0.5) is 10.3 Å². The Morgan fingerprint density at radius 3 is 2.71 bits per heavy atom. The van der Waals surface area contributed by atoms with Gasteiger partial charge < -0.3 is 10.3 Å². The number of nitrogen functional groups attached to an aromatic ring is 1. The van der Waals surface area contributed by atoms with Gasteiger partial charge in [-0.25, -0.2) is 4.39 Å². The van der Waals surface area contributed by atoms with Gasteiger partial charge in [0.15, 0.2) is 0 Å². The van der Waals surface area contributed by atoms with Crippen molar-refractivity contribution in [1.29, 1.82) is 0 Å². The summed E-state index contributed by atoms with van der Waals surface area (Å²) in [5.74, 6) is -0.362. The molecular weight excluding hydrogens is 207 g/mol. The molecule has 1 aromatic carbocycles. The summed E-state index contributed by atoms with van der Waals surface area (Å²) < 4.78 is 18.0. The van der Waals surface area contributed by atoms with Crippen molar-refractivity contribution in [2.45, 2.75) is 0 Å². The lowest BCUT2D eigenvalue weighted by atomic mass is 10.1. The second kappa shape index (κ2) is 3.31. The van der Waals surface area contributed by atoms with Crippen molar-refractivity contribution < 1.29 is 8.91 Å². The number of rotatable bonds is 1. The number of aromatic nitrogens is 1. The number of hydrogen-bond acceptors (Lipinski definition) is 3. The molecule has 0 saturated heterocycles. The SMILES string of the molecule is Nc1oncc1-c1ccc(Cl)cc1F. The van der Waals surface area contributed by atoms with E-state index in [0.29, 0.717) is 16.1 Å². The van der Waals surface area contributed by atoms with Crippen LogP contribution < -0.4 is 5.73 Å². The average Bonchev–Trinajstić information content (AvgIpc) is 2.52. The molecular formula is C9H6ClFN2O. The van der Waals surface area contributed by atoms with Gasteiger partial charge in [-0.1, -0.05) is 16.8 Å². The Balaban J connectivity index is 2.58. The molecule has 3 nitrogen and oxygen atoms in total. The Morgan fingerprint density at radius 2 is 2.14 bits per heavy atom. The van der Waals surface area contributed by atoms with Crippen molar-refractivity contribution in [2.24, 2.45) is 0 Å². The standard InChI is InChI=1S/C9H6ClFN2O/c10-5-1-2-6(8(11)3-5)7-4-13-14-9(7)12/h1-4H,12H2. The summed E-state index contributed by atoms with van der Waals surface area (Å²) in [5, 5.41) is 3.80. The minimum Gasteiger partial charge on any atom is -0.367 e. The molecule has 0 radical (unpaired) electrons. The molecule has 14 heavy (non-hydrogen) atoms. The maximum absolute atomic E-state index is 13.4. The fraction of sp³-hybridized carbons (Fsp3) is 0. The molecule has 0 aliphatic heterocycles. The van der Waals surface area contributed by atoms with E-state index in [4.69, 9.17) is 17.3 Å². The lowest BCUT2D eigenvalue weighted by Crippen LogP contribution is -1.87. The van der Waals surface area contributed by atoms with E-state index in [1.807, 2.05) is 0 Å². The quantitative estimate of drug-likeness (QED) is 0.791. The van der Waals surface area contributed by atoms with Gasteiger partial charge in [0.05, 0.1) is 11.8 Å². The zero-order valence-corrected chi connectivity index (χ0v) is 7.75. The number of hydrogen-bond donors (Lipinski definition) is 1. The molecule has 1 aromatic heterocycles. The second-order valence-corrected chi connectivity index (χ2v) is 3.16. The molecule has 0 aliphatic carbocycles. The molecule has 1 heterocycles. The first-order valence-corrected chi connectivity index (χ1v) is 4.22. The van der Waals surface area contributed by atoms with E-state index < -0.39 is 5.82 Å². The molecule has 72 valence electrons. The number of nitrogens with two attached hydrogens (primary N) is 1. The Labute approximate surface area is 84.3 Å². The lowest BCUT2D eigenvalue weighted by Gasteiger charge is -2.00. The smallest absolute Gasteiger partial charge is 0.230 e. The molecule has 0 atom stereocenters. The molecule has 5 heteroatoms. The predicted molar refractivity (Wildman–Crippen MR) is 51.3 cm³/mol. The third kappa shape index (κ3) is 1.44. The minimum atomic E-state index is -0.451. The molecule has 0 amide bonds. The topological polar surface area (TPSA) is 52.0 Å². The van der Waals surface area contributed by atoms with Crippen LogP contribution in [0.2, 0.25) is 5.02 Å². The fourth-order valence-corrected chi connectivity index (χ4v) is 1.32. The van der Waals surface area contributed by atoms with Gasteiger partial charge in [-0.15, -0.1) is 0 Å². The van der Waals surface area contributed by atoms with Crippen LogP contribution in [0.5, 0.6) is 0 Å². The maximum atomic E-state index is 13.4. The highest BCUT2D eigenvalue weighted by Gasteiger charge is 2.11. The van der Waals surface area contributed by atoms with Gasteiger partial charge in [-0.2, -0.15) is 0 Å². The van der Waals surface area contributed by atoms with Gasteiger partial charge in [-0.05, 0) is 18.2 Å². The molecule has 0 unspecified atom stereocenters. The number of anilines is 1. The van der Waals surface area contributed by atoms with Crippen LogP contribution in [-0.2, 0) is 0 Å². The average molecular weight is 213 g/mol. The first-order valence-electron chi connectivity index (χ1n) is 3.84. The summed E-state index contributed by atoms with van der Waals surface area (Å²) in [7, 11) is 0. The van der Waals surface area contributed by atoms with Crippen molar-refractivity contribution in [3.63, 3.8) is 0 Å². The van der Waals surface area contributed by atoms with Crippen LogP contribution in [0.15, 0.2) is 28.9 Å². The number of halogens is 2. The number of benzene rings is 1. The molecule has 2 N–H and O–H groups in total. The normalized spacial score (nSPS) is 10.4. The van der Waals surface area contributed by atoms with Crippen LogP contribution in [0, 0.1) is 5.82 Å². The third-order valence-electron chi connectivity index (χ3n) is 1.82. The fourth-order valence-electron chi connectivity index (χ4n) is 1.16. The molecule has 0 spiro atoms. The summed E-state index contributed by atoms with van der Waals surface area (Å²) in [4.78, 5) is 0. The molecule has 0 bridgehead atoms. The van der Waals surface area contributed by atoms with Crippen molar-refractivity contribution in [3.05, 3.63) is 35.2 Å². The Kier molecular flexibility index (Phi) is 2.13.